The van der Waals surface area contributed by atoms with Gasteiger partial charge in [0.25, 0.3) is 0 Å². The number of benzene rings is 1. The fourth-order valence-electron chi connectivity index (χ4n) is 1.87. The molecule has 0 aliphatic rings. The molecular formula is C15H17N3O3. The Bertz CT molecular complexity index is 644. The van der Waals surface area contributed by atoms with Crippen LogP contribution in [0.3, 0.4) is 0 Å². The van der Waals surface area contributed by atoms with Crippen molar-refractivity contribution in [1.82, 2.24) is 4.98 Å². The molecule has 1 aromatic heterocycles. The van der Waals surface area contributed by atoms with Crippen LogP contribution in [0.5, 0.6) is 5.75 Å². The van der Waals surface area contributed by atoms with Crippen LogP contribution in [0.15, 0.2) is 36.4 Å². The summed E-state index contributed by atoms with van der Waals surface area (Å²) < 4.78 is 5.58. The first-order chi connectivity index (χ1) is 10.1. The molecule has 6 heteroatoms. The summed E-state index contributed by atoms with van der Waals surface area (Å²) in [5.41, 5.74) is 1.82. The Morgan fingerprint density at radius 1 is 1.29 bits per heavy atom. The number of rotatable bonds is 6. The van der Waals surface area contributed by atoms with Gasteiger partial charge in [0.1, 0.15) is 12.4 Å². The molecule has 21 heavy (non-hydrogen) atoms. The first-order valence-electron chi connectivity index (χ1n) is 6.61. The number of hydrogen-bond donors (Lipinski definition) is 1. The largest absolute Gasteiger partial charge is 0.492 e. The molecule has 6 nitrogen and oxygen atoms in total. The smallest absolute Gasteiger partial charge is 0.311 e. The summed E-state index contributed by atoms with van der Waals surface area (Å²) in [7, 11) is 0. The SMILES string of the molecule is Cc1cccc(OCCNc2nc(C)ccc2[N+](=O)[O-])c1. The van der Waals surface area contributed by atoms with Crippen LogP contribution in [0.2, 0.25) is 0 Å². The first kappa shape index (κ1) is 14.8. The van der Waals surface area contributed by atoms with Crippen LogP contribution in [0.25, 0.3) is 0 Å². The van der Waals surface area contributed by atoms with Crippen LogP contribution in [0.4, 0.5) is 11.5 Å². The second-order valence-corrected chi connectivity index (χ2v) is 4.67. The zero-order valence-electron chi connectivity index (χ0n) is 12.0. The van der Waals surface area contributed by atoms with Crippen LogP contribution in [0.1, 0.15) is 11.3 Å². The maximum Gasteiger partial charge on any atom is 0.311 e. The van der Waals surface area contributed by atoms with Crippen LogP contribution in [0, 0.1) is 24.0 Å². The summed E-state index contributed by atoms with van der Waals surface area (Å²) in [6.07, 6.45) is 0. The second-order valence-electron chi connectivity index (χ2n) is 4.67. The van der Waals surface area contributed by atoms with E-state index >= 15 is 0 Å². The quantitative estimate of drug-likeness (QED) is 0.502. The molecule has 0 aliphatic carbocycles. The molecule has 2 rings (SSSR count). The lowest BCUT2D eigenvalue weighted by atomic mass is 10.2. The molecule has 0 saturated heterocycles. The number of nitrogens with one attached hydrogen (secondary N) is 1. The van der Waals surface area contributed by atoms with E-state index in [1.54, 1.807) is 13.0 Å². The molecule has 0 unspecified atom stereocenters. The Balaban J connectivity index is 1.91. The molecule has 0 saturated carbocycles. The van der Waals surface area contributed by atoms with Crippen molar-refractivity contribution in [2.24, 2.45) is 0 Å². The zero-order valence-corrected chi connectivity index (χ0v) is 12.0. The van der Waals surface area contributed by atoms with E-state index in [9.17, 15) is 10.1 Å². The van der Waals surface area contributed by atoms with Crippen LogP contribution >= 0.6 is 0 Å². The average molecular weight is 287 g/mol. The first-order valence-corrected chi connectivity index (χ1v) is 6.61. The summed E-state index contributed by atoms with van der Waals surface area (Å²) in [4.78, 5) is 14.6. The van der Waals surface area contributed by atoms with E-state index in [4.69, 9.17) is 4.74 Å². The van der Waals surface area contributed by atoms with Crippen LogP contribution in [-0.2, 0) is 0 Å². The molecule has 0 aliphatic heterocycles. The Kier molecular flexibility index (Phi) is 4.71. The van der Waals surface area contributed by atoms with Crippen LogP contribution in [-0.4, -0.2) is 23.1 Å². The molecule has 0 spiro atoms. The number of pyridine rings is 1. The molecule has 1 aromatic carbocycles. The van der Waals surface area contributed by atoms with E-state index < -0.39 is 4.92 Å². The van der Waals surface area contributed by atoms with Crippen molar-refractivity contribution in [3.8, 4) is 5.75 Å². The number of hydrogen-bond acceptors (Lipinski definition) is 5. The molecule has 0 atom stereocenters. The van der Waals surface area contributed by atoms with Gasteiger partial charge in [0, 0.05) is 11.8 Å². The maximum atomic E-state index is 10.9. The van der Waals surface area contributed by atoms with Gasteiger partial charge in [-0.25, -0.2) is 4.98 Å². The molecule has 0 radical (unpaired) electrons. The molecule has 1 heterocycles. The number of anilines is 1. The highest BCUT2D eigenvalue weighted by Gasteiger charge is 2.14. The van der Waals surface area contributed by atoms with Crippen molar-refractivity contribution < 1.29 is 9.66 Å². The van der Waals surface area contributed by atoms with Gasteiger partial charge in [0.15, 0.2) is 0 Å². The third-order valence-electron chi connectivity index (χ3n) is 2.86. The monoisotopic (exact) mass is 287 g/mol. The average Bonchev–Trinajstić information content (AvgIpc) is 2.43. The Hall–Kier alpha value is -2.63. The normalized spacial score (nSPS) is 10.2. The second kappa shape index (κ2) is 6.69. The van der Waals surface area contributed by atoms with E-state index in [2.05, 4.69) is 10.3 Å². The Morgan fingerprint density at radius 3 is 2.81 bits per heavy atom. The highest BCUT2D eigenvalue weighted by atomic mass is 16.6. The van der Waals surface area contributed by atoms with Gasteiger partial charge >= 0.3 is 5.69 Å². The fourth-order valence-corrected chi connectivity index (χ4v) is 1.87. The minimum Gasteiger partial charge on any atom is -0.492 e. The number of nitrogens with zero attached hydrogens (tertiary/aromatic N) is 2. The molecule has 0 fully saturated rings. The number of ether oxygens (including phenoxy) is 1. The van der Waals surface area contributed by atoms with Crippen molar-refractivity contribution in [2.75, 3.05) is 18.5 Å². The summed E-state index contributed by atoms with van der Waals surface area (Å²) in [6.45, 7) is 4.62. The molecule has 0 amide bonds. The minimum absolute atomic E-state index is 0.0313. The summed E-state index contributed by atoms with van der Waals surface area (Å²) >= 11 is 0. The van der Waals surface area contributed by atoms with E-state index in [0.29, 0.717) is 13.2 Å². The van der Waals surface area contributed by atoms with Gasteiger partial charge < -0.3 is 10.1 Å². The van der Waals surface area contributed by atoms with Gasteiger partial charge in [-0.15, -0.1) is 0 Å². The molecule has 0 bridgehead atoms. The topological polar surface area (TPSA) is 77.3 Å². The maximum absolute atomic E-state index is 10.9. The summed E-state index contributed by atoms with van der Waals surface area (Å²) in [5.74, 6) is 1.05. The summed E-state index contributed by atoms with van der Waals surface area (Å²) in [6, 6.07) is 10.8. The van der Waals surface area contributed by atoms with Gasteiger partial charge in [-0.3, -0.25) is 10.1 Å². The van der Waals surface area contributed by atoms with Gasteiger partial charge in [-0.2, -0.15) is 0 Å². The van der Waals surface area contributed by atoms with Gasteiger partial charge in [-0.05, 0) is 37.6 Å². The lowest BCUT2D eigenvalue weighted by Crippen LogP contribution is -2.13. The van der Waals surface area contributed by atoms with Crippen molar-refractivity contribution >= 4 is 11.5 Å². The van der Waals surface area contributed by atoms with Crippen molar-refractivity contribution in [2.45, 2.75) is 13.8 Å². The zero-order chi connectivity index (χ0) is 15.2. The lowest BCUT2D eigenvalue weighted by Gasteiger charge is -2.09. The Morgan fingerprint density at radius 2 is 2.10 bits per heavy atom. The predicted octanol–water partition coefficient (Wildman–Crippen LogP) is 3.10. The van der Waals surface area contributed by atoms with E-state index in [0.717, 1.165) is 17.0 Å². The van der Waals surface area contributed by atoms with Crippen molar-refractivity contribution in [3.05, 3.63) is 57.8 Å². The van der Waals surface area contributed by atoms with Gasteiger partial charge in [-0.1, -0.05) is 12.1 Å². The minimum atomic E-state index is -0.448. The number of nitro groups is 1. The lowest BCUT2D eigenvalue weighted by molar-refractivity contribution is -0.384. The molecule has 1 N–H and O–H groups in total. The number of aromatic nitrogens is 1. The van der Waals surface area contributed by atoms with Crippen molar-refractivity contribution in [1.29, 1.82) is 0 Å². The standard InChI is InChI=1S/C15H17N3O3/c1-11-4-3-5-13(10-11)21-9-8-16-15-14(18(19)20)7-6-12(2)17-15/h3-7,10H,8-9H2,1-2H3,(H,16,17). The van der Waals surface area contributed by atoms with Crippen molar-refractivity contribution in [3.63, 3.8) is 0 Å². The Labute approximate surface area is 122 Å². The molecular weight excluding hydrogens is 270 g/mol. The van der Waals surface area contributed by atoms with Gasteiger partial charge in [0.05, 0.1) is 11.5 Å². The third-order valence-corrected chi connectivity index (χ3v) is 2.86. The fraction of sp³-hybridized carbons (Fsp3) is 0.267. The number of aryl methyl sites for hydroxylation is 2. The third kappa shape index (κ3) is 4.17. The van der Waals surface area contributed by atoms with E-state index in [-0.39, 0.29) is 11.5 Å². The van der Waals surface area contributed by atoms with E-state index in [1.807, 2.05) is 31.2 Å². The highest BCUT2D eigenvalue weighted by molar-refractivity contribution is 5.56. The van der Waals surface area contributed by atoms with Crippen LogP contribution < -0.4 is 10.1 Å². The summed E-state index contributed by atoms with van der Waals surface area (Å²) in [5, 5.41) is 13.9. The van der Waals surface area contributed by atoms with Gasteiger partial charge in [0.2, 0.25) is 5.82 Å². The molecule has 2 aromatic rings. The predicted molar refractivity (Wildman–Crippen MR) is 80.8 cm³/mol. The molecule has 110 valence electrons. The highest BCUT2D eigenvalue weighted by Crippen LogP contribution is 2.21. The van der Waals surface area contributed by atoms with E-state index in [1.165, 1.54) is 6.07 Å².